The highest BCUT2D eigenvalue weighted by Gasteiger charge is 2.60. The molecule has 1 aliphatic heterocycles. The third-order valence-corrected chi connectivity index (χ3v) is 7.80. The highest BCUT2D eigenvalue weighted by atomic mass is 35.5. The van der Waals surface area contributed by atoms with Crippen molar-refractivity contribution in [2.75, 3.05) is 6.61 Å². The lowest BCUT2D eigenvalue weighted by Crippen LogP contribution is -2.66. The van der Waals surface area contributed by atoms with Crippen LogP contribution in [0.2, 0.25) is 5.02 Å². The Bertz CT molecular complexity index is 1350. The van der Waals surface area contributed by atoms with Crippen molar-refractivity contribution in [3.63, 3.8) is 0 Å². The second-order valence-electron chi connectivity index (χ2n) is 11.0. The number of ether oxygens (including phenoxy) is 6. The van der Waals surface area contributed by atoms with Crippen LogP contribution in [0.1, 0.15) is 70.1 Å². The summed E-state index contributed by atoms with van der Waals surface area (Å²) in [4.78, 5) is 48.1. The van der Waals surface area contributed by atoms with E-state index in [1.807, 2.05) is 24.3 Å². The van der Waals surface area contributed by atoms with E-state index in [1.54, 1.807) is 12.1 Å². The molecule has 2 aliphatic rings. The topological polar surface area (TPSA) is 144 Å². The first-order valence-electron chi connectivity index (χ1n) is 14.5. The fourth-order valence-corrected chi connectivity index (χ4v) is 5.73. The lowest BCUT2D eigenvalue weighted by molar-refractivity contribution is -0.360. The highest BCUT2D eigenvalue weighted by molar-refractivity contribution is 6.31. The van der Waals surface area contributed by atoms with Gasteiger partial charge in [-0.3, -0.25) is 19.2 Å². The van der Waals surface area contributed by atoms with Crippen LogP contribution in [0.25, 0.3) is 0 Å². The molecule has 1 saturated heterocycles. The Balaban J connectivity index is 1.70. The van der Waals surface area contributed by atoms with E-state index < -0.39 is 60.7 Å². The third-order valence-electron chi connectivity index (χ3n) is 7.44. The summed E-state index contributed by atoms with van der Waals surface area (Å²) in [5, 5.41) is 12.5. The first kappa shape index (κ1) is 33.2. The third kappa shape index (κ3) is 8.28. The molecule has 238 valence electrons. The van der Waals surface area contributed by atoms with Crippen molar-refractivity contribution in [1.82, 2.24) is 0 Å². The molecule has 12 heteroatoms. The molecular weight excluding hydrogens is 596 g/mol. The van der Waals surface area contributed by atoms with E-state index in [1.165, 1.54) is 25.8 Å². The molecule has 2 aromatic carbocycles. The van der Waals surface area contributed by atoms with Gasteiger partial charge in [-0.1, -0.05) is 29.8 Å². The number of aliphatic hydroxyl groups is 1. The Labute approximate surface area is 260 Å². The van der Waals surface area contributed by atoms with Gasteiger partial charge in [-0.15, -0.1) is 0 Å². The number of carbonyl (C=O) groups excluding carboxylic acids is 4. The summed E-state index contributed by atoms with van der Waals surface area (Å²) in [6, 6.07) is 12.3. The Kier molecular flexibility index (Phi) is 10.9. The summed E-state index contributed by atoms with van der Waals surface area (Å²) >= 11 is 6.57. The van der Waals surface area contributed by atoms with Crippen molar-refractivity contribution < 1.29 is 52.7 Å². The molecule has 11 nitrogen and oxygen atoms in total. The van der Waals surface area contributed by atoms with Crippen LogP contribution >= 0.6 is 11.6 Å². The molecule has 5 atom stereocenters. The molecule has 44 heavy (non-hydrogen) atoms. The van der Waals surface area contributed by atoms with Crippen molar-refractivity contribution in [2.45, 2.75) is 96.1 Å². The van der Waals surface area contributed by atoms with Crippen molar-refractivity contribution in [1.29, 1.82) is 0 Å². The van der Waals surface area contributed by atoms with E-state index in [9.17, 15) is 24.3 Å². The van der Waals surface area contributed by atoms with Crippen molar-refractivity contribution in [2.24, 2.45) is 0 Å². The molecule has 0 spiro atoms. The fourth-order valence-electron chi connectivity index (χ4n) is 5.55. The quantitative estimate of drug-likeness (QED) is 0.298. The predicted octanol–water partition coefficient (Wildman–Crippen LogP) is 4.15. The maximum Gasteiger partial charge on any atom is 0.303 e. The average Bonchev–Trinajstić information content (AvgIpc) is 3.46. The van der Waals surface area contributed by atoms with Crippen LogP contribution in [-0.2, 0) is 55.1 Å². The summed E-state index contributed by atoms with van der Waals surface area (Å²) in [6.07, 6.45) is -0.928. The van der Waals surface area contributed by atoms with Gasteiger partial charge in [0.05, 0.1) is 6.10 Å². The fraction of sp³-hybridized carbons (Fsp3) is 0.500. The van der Waals surface area contributed by atoms with Crippen LogP contribution in [0.5, 0.6) is 5.75 Å². The molecule has 1 heterocycles. The van der Waals surface area contributed by atoms with Crippen LogP contribution in [0.4, 0.5) is 0 Å². The van der Waals surface area contributed by atoms with Crippen LogP contribution < -0.4 is 4.74 Å². The van der Waals surface area contributed by atoms with E-state index in [2.05, 4.69) is 0 Å². The van der Waals surface area contributed by atoms with E-state index in [-0.39, 0.29) is 11.7 Å². The van der Waals surface area contributed by atoms with Crippen LogP contribution in [0.15, 0.2) is 42.5 Å². The van der Waals surface area contributed by atoms with E-state index >= 15 is 0 Å². The molecule has 1 aliphatic carbocycles. The van der Waals surface area contributed by atoms with Gasteiger partial charge in [0.2, 0.25) is 11.9 Å². The summed E-state index contributed by atoms with van der Waals surface area (Å²) in [6.45, 7) is 4.02. The van der Waals surface area contributed by atoms with Gasteiger partial charge in [0.15, 0.2) is 12.2 Å². The molecule has 0 aromatic heterocycles. The Morgan fingerprint density at radius 1 is 0.864 bits per heavy atom. The number of esters is 4. The van der Waals surface area contributed by atoms with Crippen LogP contribution in [-0.4, -0.2) is 66.1 Å². The van der Waals surface area contributed by atoms with Crippen LogP contribution in [0, 0.1) is 0 Å². The standard InChI is InChI=1S/C32H37ClO11/c1-18(34)39-17-28-29(40-19(2)35)30(41-20(3)36)31(42-21(4)37)32(38,44-28)24-11-14-27(33)23(16-24)15-22-9-12-26(13-10-22)43-25-7-5-6-8-25/h9-14,16,25,28-31,38H,5-8,15,17H2,1-4H3/t28-,29-,30+,31-,32+/m1/s1. The Hall–Kier alpha value is -3.67. The predicted molar refractivity (Wildman–Crippen MR) is 156 cm³/mol. The van der Waals surface area contributed by atoms with Crippen molar-refractivity contribution in [3.8, 4) is 5.75 Å². The van der Waals surface area contributed by atoms with E-state index in [0.29, 0.717) is 17.0 Å². The monoisotopic (exact) mass is 632 g/mol. The lowest BCUT2D eigenvalue weighted by atomic mass is 9.86. The zero-order valence-electron chi connectivity index (χ0n) is 25.1. The Morgan fingerprint density at radius 2 is 1.48 bits per heavy atom. The number of hydrogen-bond donors (Lipinski definition) is 1. The Morgan fingerprint density at radius 3 is 2.07 bits per heavy atom. The number of rotatable bonds is 10. The van der Waals surface area contributed by atoms with Gasteiger partial charge in [0.25, 0.3) is 0 Å². The molecule has 1 saturated carbocycles. The summed E-state index contributed by atoms with van der Waals surface area (Å²) in [5.41, 5.74) is 1.63. The zero-order chi connectivity index (χ0) is 32.0. The SMILES string of the molecule is CC(=O)OC[C@H]1O[C@@](O)(c2ccc(Cl)c(Cc3ccc(OC4CCCC4)cc3)c2)[C@H](OC(C)=O)[C@@H](OC(C)=O)[C@@H]1OC(C)=O. The minimum atomic E-state index is -2.45. The first-order valence-corrected chi connectivity index (χ1v) is 14.8. The number of benzene rings is 2. The van der Waals surface area contributed by atoms with Gasteiger partial charge in [-0.05, 0) is 67.5 Å². The second kappa shape index (κ2) is 14.4. The van der Waals surface area contributed by atoms with E-state index in [0.717, 1.165) is 44.9 Å². The normalized spacial score (nSPS) is 25.1. The molecule has 1 N–H and O–H groups in total. The molecule has 0 unspecified atom stereocenters. The minimum Gasteiger partial charge on any atom is -0.490 e. The summed E-state index contributed by atoms with van der Waals surface area (Å²) in [5.74, 6) is -4.75. The molecule has 0 bridgehead atoms. The molecule has 0 radical (unpaired) electrons. The largest absolute Gasteiger partial charge is 0.490 e. The van der Waals surface area contributed by atoms with Gasteiger partial charge in [-0.2, -0.15) is 0 Å². The number of halogens is 1. The zero-order valence-corrected chi connectivity index (χ0v) is 25.8. The smallest absolute Gasteiger partial charge is 0.303 e. The highest BCUT2D eigenvalue weighted by Crippen LogP contribution is 2.42. The van der Waals surface area contributed by atoms with Gasteiger partial charge >= 0.3 is 23.9 Å². The maximum absolute atomic E-state index is 12.2. The number of hydrogen-bond acceptors (Lipinski definition) is 11. The molecule has 4 rings (SSSR count). The molecule has 2 aromatic rings. The average molecular weight is 633 g/mol. The van der Waals surface area contributed by atoms with Crippen molar-refractivity contribution >= 4 is 35.5 Å². The van der Waals surface area contributed by atoms with Crippen molar-refractivity contribution in [3.05, 3.63) is 64.2 Å². The van der Waals surface area contributed by atoms with Crippen LogP contribution in [0.3, 0.4) is 0 Å². The summed E-state index contributed by atoms with van der Waals surface area (Å²) < 4.78 is 33.6. The molecular formula is C32H37ClO11. The maximum atomic E-state index is 12.2. The van der Waals surface area contributed by atoms with Gasteiger partial charge in [0, 0.05) is 38.3 Å². The van der Waals surface area contributed by atoms with Gasteiger partial charge in [-0.25, -0.2) is 0 Å². The van der Waals surface area contributed by atoms with E-state index in [4.69, 9.17) is 40.0 Å². The first-order chi connectivity index (χ1) is 20.9. The molecule has 2 fully saturated rings. The number of carbonyl (C=O) groups is 4. The van der Waals surface area contributed by atoms with Gasteiger partial charge < -0.3 is 33.5 Å². The molecule has 0 amide bonds. The summed E-state index contributed by atoms with van der Waals surface area (Å²) in [7, 11) is 0. The lowest BCUT2D eigenvalue weighted by Gasteiger charge is -2.48. The second-order valence-corrected chi connectivity index (χ2v) is 11.4. The minimum absolute atomic E-state index is 0.107. The van der Waals surface area contributed by atoms with Gasteiger partial charge in [0.1, 0.15) is 18.5 Å².